The number of hydrogen-bond acceptors (Lipinski definition) is 2. The number of rotatable bonds is 7. The Morgan fingerprint density at radius 1 is 1.43 bits per heavy atom. The number of amides is 1. The van der Waals surface area contributed by atoms with Crippen LogP contribution in [0.25, 0.3) is 0 Å². The van der Waals surface area contributed by atoms with Crippen LogP contribution in [0, 0.1) is 11.8 Å². The van der Waals surface area contributed by atoms with Gasteiger partial charge in [-0.25, -0.2) is 0 Å². The van der Waals surface area contributed by atoms with E-state index >= 15 is 0 Å². The van der Waals surface area contributed by atoms with Gasteiger partial charge in [0.15, 0.2) is 0 Å². The molecule has 1 amide bonds. The molecule has 82 valence electrons. The van der Waals surface area contributed by atoms with Gasteiger partial charge in [-0.05, 0) is 24.8 Å². The first kappa shape index (κ1) is 11.5. The summed E-state index contributed by atoms with van der Waals surface area (Å²) in [5.74, 6) is 1.60. The van der Waals surface area contributed by atoms with Gasteiger partial charge in [0.2, 0.25) is 5.91 Å². The van der Waals surface area contributed by atoms with Gasteiger partial charge in [0.05, 0.1) is 6.54 Å². The summed E-state index contributed by atoms with van der Waals surface area (Å²) in [5, 5.41) is 6.05. The van der Waals surface area contributed by atoms with Crippen LogP contribution in [-0.4, -0.2) is 25.5 Å². The fraction of sp³-hybridized carbons (Fsp3) is 0.909. The Morgan fingerprint density at radius 2 is 2.14 bits per heavy atom. The predicted molar refractivity (Wildman–Crippen MR) is 58.1 cm³/mol. The second-order valence-electron chi connectivity index (χ2n) is 4.61. The van der Waals surface area contributed by atoms with Crippen molar-refractivity contribution in [2.75, 3.05) is 19.6 Å². The highest BCUT2D eigenvalue weighted by atomic mass is 16.1. The molecule has 1 rings (SSSR count). The molecule has 0 aromatic heterocycles. The molecule has 1 aliphatic carbocycles. The van der Waals surface area contributed by atoms with Crippen LogP contribution in [-0.2, 0) is 4.79 Å². The van der Waals surface area contributed by atoms with Gasteiger partial charge in [0.1, 0.15) is 0 Å². The summed E-state index contributed by atoms with van der Waals surface area (Å²) in [5.41, 5.74) is 0. The Hall–Kier alpha value is -0.570. The molecule has 3 heteroatoms. The van der Waals surface area contributed by atoms with Gasteiger partial charge in [0.25, 0.3) is 0 Å². The van der Waals surface area contributed by atoms with E-state index in [1.165, 1.54) is 19.3 Å². The van der Waals surface area contributed by atoms with Crippen LogP contribution in [0.3, 0.4) is 0 Å². The van der Waals surface area contributed by atoms with Gasteiger partial charge >= 0.3 is 0 Å². The van der Waals surface area contributed by atoms with Gasteiger partial charge in [-0.15, -0.1) is 0 Å². The molecule has 0 heterocycles. The standard InChI is InChI=1S/C11H22N2O/c1-9(2)7-13-11(14)8-12-6-5-10-3-4-10/h9-10,12H,3-8H2,1-2H3,(H,13,14). The zero-order chi connectivity index (χ0) is 10.4. The van der Waals surface area contributed by atoms with E-state index in [2.05, 4.69) is 24.5 Å². The molecule has 0 aliphatic heterocycles. The number of nitrogens with one attached hydrogen (secondary N) is 2. The zero-order valence-corrected chi connectivity index (χ0v) is 9.31. The topological polar surface area (TPSA) is 41.1 Å². The predicted octanol–water partition coefficient (Wildman–Crippen LogP) is 1.15. The van der Waals surface area contributed by atoms with Crippen LogP contribution in [0.4, 0.5) is 0 Å². The minimum absolute atomic E-state index is 0.120. The summed E-state index contributed by atoms with van der Waals surface area (Å²) in [6, 6.07) is 0. The normalized spacial score (nSPS) is 15.9. The van der Waals surface area contributed by atoms with Crippen LogP contribution >= 0.6 is 0 Å². The highest BCUT2D eigenvalue weighted by molar-refractivity contribution is 5.77. The molecule has 1 saturated carbocycles. The molecule has 14 heavy (non-hydrogen) atoms. The van der Waals surface area contributed by atoms with Gasteiger partial charge < -0.3 is 10.6 Å². The van der Waals surface area contributed by atoms with E-state index in [1.807, 2.05) is 0 Å². The molecular formula is C11H22N2O. The first-order valence-corrected chi connectivity index (χ1v) is 5.66. The molecule has 0 saturated heterocycles. The number of carbonyl (C=O) groups is 1. The first-order valence-electron chi connectivity index (χ1n) is 5.66. The second kappa shape index (κ2) is 6.02. The molecule has 0 aromatic rings. The largest absolute Gasteiger partial charge is 0.355 e. The maximum absolute atomic E-state index is 11.2. The fourth-order valence-electron chi connectivity index (χ4n) is 1.30. The molecule has 0 radical (unpaired) electrons. The van der Waals surface area contributed by atoms with Crippen LogP contribution in [0.5, 0.6) is 0 Å². The summed E-state index contributed by atoms with van der Waals surface area (Å²) in [7, 11) is 0. The van der Waals surface area contributed by atoms with Crippen molar-refractivity contribution in [1.29, 1.82) is 0 Å². The summed E-state index contributed by atoms with van der Waals surface area (Å²) >= 11 is 0. The van der Waals surface area contributed by atoms with Crippen molar-refractivity contribution in [2.24, 2.45) is 11.8 Å². The van der Waals surface area contributed by atoms with Gasteiger partial charge in [-0.3, -0.25) is 4.79 Å². The fourth-order valence-corrected chi connectivity index (χ4v) is 1.30. The molecule has 0 aromatic carbocycles. The summed E-state index contributed by atoms with van der Waals surface area (Å²) in [6.07, 6.45) is 4.01. The van der Waals surface area contributed by atoms with E-state index in [1.54, 1.807) is 0 Å². The third-order valence-electron chi connectivity index (χ3n) is 2.42. The third-order valence-corrected chi connectivity index (χ3v) is 2.42. The zero-order valence-electron chi connectivity index (χ0n) is 9.31. The SMILES string of the molecule is CC(C)CNC(=O)CNCCC1CC1. The van der Waals surface area contributed by atoms with E-state index in [4.69, 9.17) is 0 Å². The lowest BCUT2D eigenvalue weighted by Gasteiger charge is -2.08. The lowest BCUT2D eigenvalue weighted by Crippen LogP contribution is -2.36. The van der Waals surface area contributed by atoms with E-state index in [0.717, 1.165) is 19.0 Å². The lowest BCUT2D eigenvalue weighted by molar-refractivity contribution is -0.120. The third kappa shape index (κ3) is 5.97. The quantitative estimate of drug-likeness (QED) is 0.602. The Kier molecular flexibility index (Phi) is 4.94. The molecule has 1 fully saturated rings. The minimum Gasteiger partial charge on any atom is -0.355 e. The Labute approximate surface area is 86.6 Å². The van der Waals surface area contributed by atoms with Crippen molar-refractivity contribution in [2.45, 2.75) is 33.1 Å². The highest BCUT2D eigenvalue weighted by Gasteiger charge is 2.20. The highest BCUT2D eigenvalue weighted by Crippen LogP contribution is 2.31. The molecule has 2 N–H and O–H groups in total. The van der Waals surface area contributed by atoms with E-state index in [-0.39, 0.29) is 5.91 Å². The van der Waals surface area contributed by atoms with Crippen molar-refractivity contribution in [3.05, 3.63) is 0 Å². The summed E-state index contributed by atoms with van der Waals surface area (Å²) in [4.78, 5) is 11.2. The number of hydrogen-bond donors (Lipinski definition) is 2. The first-order chi connectivity index (χ1) is 6.68. The van der Waals surface area contributed by atoms with Gasteiger partial charge in [0, 0.05) is 6.54 Å². The molecule has 1 aliphatic rings. The maximum atomic E-state index is 11.2. The van der Waals surface area contributed by atoms with Crippen molar-refractivity contribution in [3.8, 4) is 0 Å². The van der Waals surface area contributed by atoms with E-state index < -0.39 is 0 Å². The Bertz CT molecular complexity index is 176. The summed E-state index contributed by atoms with van der Waals surface area (Å²) < 4.78 is 0. The van der Waals surface area contributed by atoms with E-state index in [9.17, 15) is 4.79 Å². The monoisotopic (exact) mass is 198 g/mol. The lowest BCUT2D eigenvalue weighted by atomic mass is 10.2. The van der Waals surface area contributed by atoms with Gasteiger partial charge in [-0.1, -0.05) is 26.7 Å². The van der Waals surface area contributed by atoms with Crippen molar-refractivity contribution in [1.82, 2.24) is 10.6 Å². The molecule has 0 spiro atoms. The van der Waals surface area contributed by atoms with Crippen molar-refractivity contribution >= 4 is 5.91 Å². The number of carbonyl (C=O) groups excluding carboxylic acids is 1. The van der Waals surface area contributed by atoms with Gasteiger partial charge in [-0.2, -0.15) is 0 Å². The Morgan fingerprint density at radius 3 is 2.71 bits per heavy atom. The van der Waals surface area contributed by atoms with Crippen LogP contribution in [0.15, 0.2) is 0 Å². The average Bonchev–Trinajstić information content (AvgIpc) is 2.92. The van der Waals surface area contributed by atoms with Crippen LogP contribution in [0.1, 0.15) is 33.1 Å². The van der Waals surface area contributed by atoms with E-state index in [0.29, 0.717) is 12.5 Å². The van der Waals surface area contributed by atoms with Crippen molar-refractivity contribution in [3.63, 3.8) is 0 Å². The minimum atomic E-state index is 0.120. The molecular weight excluding hydrogens is 176 g/mol. The molecule has 0 unspecified atom stereocenters. The van der Waals surface area contributed by atoms with Crippen LogP contribution < -0.4 is 10.6 Å². The smallest absolute Gasteiger partial charge is 0.233 e. The second-order valence-corrected chi connectivity index (χ2v) is 4.61. The average molecular weight is 198 g/mol. The Balaban J connectivity index is 1.86. The summed E-state index contributed by atoms with van der Waals surface area (Å²) in [6.45, 7) is 6.43. The molecule has 0 bridgehead atoms. The molecule has 0 atom stereocenters. The maximum Gasteiger partial charge on any atom is 0.233 e. The van der Waals surface area contributed by atoms with Crippen molar-refractivity contribution < 1.29 is 4.79 Å². The van der Waals surface area contributed by atoms with Crippen LogP contribution in [0.2, 0.25) is 0 Å². The molecule has 3 nitrogen and oxygen atoms in total.